The normalized spacial score (nSPS) is 11.8. The highest BCUT2D eigenvalue weighted by Gasteiger charge is 2.23. The quantitative estimate of drug-likeness (QED) is 0.205. The molecule has 1 atom stereocenters. The highest BCUT2D eigenvalue weighted by molar-refractivity contribution is 6.36. The number of H-pyrrole nitrogens is 1. The summed E-state index contributed by atoms with van der Waals surface area (Å²) >= 11 is 6.48. The fourth-order valence-electron chi connectivity index (χ4n) is 3.66. The minimum atomic E-state index is -1.28. The van der Waals surface area contributed by atoms with E-state index in [9.17, 15) is 22.8 Å². The molecule has 0 aliphatic carbocycles. The molecule has 14 heteroatoms. The van der Waals surface area contributed by atoms with Gasteiger partial charge in [0.2, 0.25) is 17.8 Å². The molecule has 0 aliphatic rings. The van der Waals surface area contributed by atoms with Gasteiger partial charge in [0, 0.05) is 28.9 Å². The first-order valence-corrected chi connectivity index (χ1v) is 10.8. The maximum Gasteiger partial charge on any atom is 0.249 e. The van der Waals surface area contributed by atoms with Crippen molar-refractivity contribution in [1.82, 2.24) is 30.4 Å². The molecule has 9 nitrogen and oxygen atoms in total. The van der Waals surface area contributed by atoms with E-state index in [0.717, 1.165) is 18.3 Å². The average Bonchev–Trinajstić information content (AvgIpc) is 3.40. The second-order valence-corrected chi connectivity index (χ2v) is 8.03. The second-order valence-electron chi connectivity index (χ2n) is 7.62. The van der Waals surface area contributed by atoms with Crippen LogP contribution in [0.4, 0.5) is 34.6 Å². The van der Waals surface area contributed by atoms with Gasteiger partial charge in [0.25, 0.3) is 0 Å². The molecule has 37 heavy (non-hydrogen) atoms. The number of benzene rings is 1. The fourth-order valence-corrected chi connectivity index (χ4v) is 3.93. The van der Waals surface area contributed by atoms with Crippen LogP contribution in [0.5, 0.6) is 0 Å². The molecule has 0 spiro atoms. The van der Waals surface area contributed by atoms with Gasteiger partial charge in [0.05, 0.1) is 39.9 Å². The Morgan fingerprint density at radius 2 is 1.81 bits per heavy atom. The summed E-state index contributed by atoms with van der Waals surface area (Å²) in [7, 11) is 0. The van der Waals surface area contributed by atoms with Gasteiger partial charge in [0.15, 0.2) is 5.82 Å². The number of nitrogens with zero attached hydrogens (tertiary/aromatic N) is 6. The Bertz CT molecular complexity index is 1670. The summed E-state index contributed by atoms with van der Waals surface area (Å²) in [6, 6.07) is 7.17. The van der Waals surface area contributed by atoms with Crippen LogP contribution in [0.25, 0.3) is 10.9 Å². The van der Waals surface area contributed by atoms with Gasteiger partial charge in [-0.1, -0.05) is 11.6 Å². The Balaban J connectivity index is 1.63. The van der Waals surface area contributed by atoms with Gasteiger partial charge in [0.1, 0.15) is 17.8 Å². The zero-order valence-corrected chi connectivity index (χ0v) is 19.0. The molecular formula is C23H12ClF4N9. The first-order valence-electron chi connectivity index (χ1n) is 10.4. The smallest absolute Gasteiger partial charge is 0.249 e. The molecule has 0 saturated heterocycles. The molecule has 0 radical (unpaired) electrons. The van der Waals surface area contributed by atoms with Gasteiger partial charge in [-0.2, -0.15) is 38.8 Å². The third kappa shape index (κ3) is 4.69. The van der Waals surface area contributed by atoms with E-state index in [4.69, 9.17) is 11.6 Å². The molecule has 5 rings (SSSR count). The van der Waals surface area contributed by atoms with E-state index in [1.807, 2.05) is 6.07 Å². The van der Waals surface area contributed by atoms with Crippen molar-refractivity contribution in [3.05, 3.63) is 94.4 Å². The highest BCUT2D eigenvalue weighted by Crippen LogP contribution is 2.36. The second kappa shape index (κ2) is 9.67. The summed E-state index contributed by atoms with van der Waals surface area (Å²) in [6.45, 7) is 0. The number of hydrogen-bond acceptors (Lipinski definition) is 8. The number of rotatable bonds is 6. The van der Waals surface area contributed by atoms with E-state index in [1.165, 1.54) is 24.5 Å². The maximum absolute atomic E-state index is 14.6. The lowest BCUT2D eigenvalue weighted by molar-refractivity contribution is 0.480. The van der Waals surface area contributed by atoms with Crippen molar-refractivity contribution in [2.24, 2.45) is 0 Å². The van der Waals surface area contributed by atoms with Crippen LogP contribution in [0.15, 0.2) is 48.9 Å². The van der Waals surface area contributed by atoms with E-state index in [0.29, 0.717) is 11.1 Å². The Kier molecular flexibility index (Phi) is 6.24. The Hall–Kier alpha value is -4.83. The number of hydrogen-bond donors (Lipinski definition) is 3. The molecule has 184 valence electrons. The predicted molar refractivity (Wildman–Crippen MR) is 125 cm³/mol. The Morgan fingerprint density at radius 1 is 0.973 bits per heavy atom. The SMILES string of the molecule is N#Cc1cnc2c(Cl)cc(N[C@H](c3cn[nH]n3)c3ccc(F)nc3F)cc2c1Nc1cnc(F)c(F)c1. The van der Waals surface area contributed by atoms with Crippen molar-refractivity contribution < 1.29 is 17.6 Å². The number of pyridine rings is 3. The number of nitriles is 1. The zero-order valence-electron chi connectivity index (χ0n) is 18.3. The number of anilines is 3. The van der Waals surface area contributed by atoms with E-state index in [1.54, 1.807) is 6.07 Å². The van der Waals surface area contributed by atoms with Crippen LogP contribution >= 0.6 is 11.6 Å². The fraction of sp³-hybridized carbons (Fsp3) is 0.0435. The molecule has 0 aliphatic heterocycles. The van der Waals surface area contributed by atoms with Crippen molar-refractivity contribution in [1.29, 1.82) is 5.26 Å². The van der Waals surface area contributed by atoms with Gasteiger partial charge in [-0.25, -0.2) is 9.37 Å². The molecule has 3 N–H and O–H groups in total. The minimum Gasteiger partial charge on any atom is -0.372 e. The first kappa shape index (κ1) is 23.9. The molecule has 0 saturated carbocycles. The van der Waals surface area contributed by atoms with Crippen LogP contribution in [0.3, 0.4) is 0 Å². The molecule has 4 heterocycles. The lowest BCUT2D eigenvalue weighted by Crippen LogP contribution is -2.16. The van der Waals surface area contributed by atoms with Gasteiger partial charge in [-0.3, -0.25) is 4.98 Å². The van der Waals surface area contributed by atoms with Crippen LogP contribution < -0.4 is 10.6 Å². The largest absolute Gasteiger partial charge is 0.372 e. The van der Waals surface area contributed by atoms with Crippen molar-refractivity contribution in [3.63, 3.8) is 0 Å². The molecule has 4 aromatic heterocycles. The predicted octanol–water partition coefficient (Wildman–Crippen LogP) is 5.17. The zero-order chi connectivity index (χ0) is 26.1. The number of fused-ring (bicyclic) bond motifs is 1. The van der Waals surface area contributed by atoms with Crippen molar-refractivity contribution in [2.45, 2.75) is 6.04 Å². The number of halogens is 5. The monoisotopic (exact) mass is 525 g/mol. The topological polar surface area (TPSA) is 128 Å². The first-order chi connectivity index (χ1) is 17.8. The van der Waals surface area contributed by atoms with Gasteiger partial charge >= 0.3 is 0 Å². The Labute approximate surface area is 210 Å². The average molecular weight is 526 g/mol. The lowest BCUT2D eigenvalue weighted by atomic mass is 10.0. The molecule has 0 bridgehead atoms. The van der Waals surface area contributed by atoms with Gasteiger partial charge in [-0.15, -0.1) is 0 Å². The van der Waals surface area contributed by atoms with Crippen molar-refractivity contribution in [2.75, 3.05) is 10.6 Å². The van der Waals surface area contributed by atoms with Gasteiger partial charge in [-0.05, 0) is 24.3 Å². The van der Waals surface area contributed by atoms with E-state index < -0.39 is 29.7 Å². The maximum atomic E-state index is 14.6. The number of aromatic nitrogens is 6. The lowest BCUT2D eigenvalue weighted by Gasteiger charge is -2.20. The summed E-state index contributed by atoms with van der Waals surface area (Å²) in [5.41, 5.74) is 1.19. The standard InChI is InChI=1S/C23H12ClF4N9/c24-15-4-11(33-21(17-9-32-37-36-17)13-1-2-18(26)35-22(13)27)3-14-19(10(6-29)7-30-20(14)15)34-12-5-16(25)23(28)31-8-12/h1-5,7-9,21,33H,(H,30,34)(H,32,36,37)/t21-/m0/s1. The molecular weight excluding hydrogens is 514 g/mol. The molecule has 5 aromatic rings. The Morgan fingerprint density at radius 3 is 2.51 bits per heavy atom. The number of nitrogens with one attached hydrogen (secondary N) is 3. The summed E-state index contributed by atoms with van der Waals surface area (Å²) in [6.07, 6.45) is 3.68. The van der Waals surface area contributed by atoms with Crippen LogP contribution in [-0.2, 0) is 0 Å². The molecule has 0 unspecified atom stereocenters. The van der Waals surface area contributed by atoms with Crippen molar-refractivity contribution >= 4 is 39.6 Å². The minimum absolute atomic E-state index is 0.0263. The van der Waals surface area contributed by atoms with Crippen molar-refractivity contribution in [3.8, 4) is 6.07 Å². The summed E-state index contributed by atoms with van der Waals surface area (Å²) < 4.78 is 55.1. The third-order valence-electron chi connectivity index (χ3n) is 5.31. The van der Waals surface area contributed by atoms with E-state index in [-0.39, 0.29) is 38.7 Å². The van der Waals surface area contributed by atoms with Crippen LogP contribution in [0, 0.1) is 35.0 Å². The van der Waals surface area contributed by atoms with Crippen LogP contribution in [-0.4, -0.2) is 30.4 Å². The molecule has 0 amide bonds. The van der Waals surface area contributed by atoms with Crippen LogP contribution in [0.1, 0.15) is 22.9 Å². The van der Waals surface area contributed by atoms with Crippen LogP contribution in [0.2, 0.25) is 5.02 Å². The number of aromatic amines is 1. The summed E-state index contributed by atoms with van der Waals surface area (Å²) in [5.74, 6) is -4.52. The third-order valence-corrected chi connectivity index (χ3v) is 5.59. The van der Waals surface area contributed by atoms with Gasteiger partial charge < -0.3 is 10.6 Å². The summed E-state index contributed by atoms with van der Waals surface area (Å²) in [4.78, 5) is 10.8. The summed E-state index contributed by atoms with van der Waals surface area (Å²) in [5, 5.41) is 26.2. The van der Waals surface area contributed by atoms with E-state index >= 15 is 0 Å². The molecule has 1 aromatic carbocycles. The molecule has 0 fully saturated rings. The highest BCUT2D eigenvalue weighted by atomic mass is 35.5. The van der Waals surface area contributed by atoms with E-state index in [2.05, 4.69) is 41.0 Å².